The Bertz CT molecular complexity index is 351. The van der Waals surface area contributed by atoms with Crippen LogP contribution < -0.4 is 0 Å². The molecule has 1 saturated heterocycles. The summed E-state index contributed by atoms with van der Waals surface area (Å²) >= 11 is 0. The second-order valence-corrected chi connectivity index (χ2v) is 5.70. The van der Waals surface area contributed by atoms with E-state index in [-0.39, 0.29) is 5.91 Å². The quantitative estimate of drug-likeness (QED) is 0.786. The summed E-state index contributed by atoms with van der Waals surface area (Å²) in [6.45, 7) is 1.26. The summed E-state index contributed by atoms with van der Waals surface area (Å²) in [6, 6.07) is 0. The number of carbonyl (C=O) groups excluding carboxylic acids is 1. The van der Waals surface area contributed by atoms with Gasteiger partial charge in [-0.1, -0.05) is 0 Å². The molecular weight excluding hydrogens is 222 g/mol. The predicted molar refractivity (Wildman–Crippen MR) is 57.9 cm³/mol. The molecule has 0 aromatic heterocycles. The molecule has 3 aliphatic carbocycles. The number of aliphatic carboxylic acids is 1. The van der Waals surface area contributed by atoms with Crippen molar-refractivity contribution in [3.63, 3.8) is 0 Å². The first-order valence-corrected chi connectivity index (χ1v) is 6.26. The van der Waals surface area contributed by atoms with E-state index in [4.69, 9.17) is 9.94 Å². The molecule has 4 rings (SSSR count). The minimum Gasteiger partial charge on any atom is -0.481 e. The van der Waals surface area contributed by atoms with E-state index in [0.717, 1.165) is 19.3 Å². The summed E-state index contributed by atoms with van der Waals surface area (Å²) in [5, 5.41) is 10.5. The van der Waals surface area contributed by atoms with E-state index in [2.05, 4.69) is 0 Å². The second kappa shape index (κ2) is 3.45. The summed E-state index contributed by atoms with van der Waals surface area (Å²) in [5.41, 5.74) is -0.982. The summed E-state index contributed by atoms with van der Waals surface area (Å²) < 4.78 is 0. The number of hydrogen-bond donors (Lipinski definition) is 1. The van der Waals surface area contributed by atoms with Gasteiger partial charge in [0, 0.05) is 6.54 Å². The molecule has 94 valence electrons. The zero-order valence-electron chi connectivity index (χ0n) is 9.78. The van der Waals surface area contributed by atoms with Gasteiger partial charge in [0.05, 0.1) is 17.4 Å². The van der Waals surface area contributed by atoms with Crippen LogP contribution in [-0.4, -0.2) is 35.2 Å². The molecule has 1 heterocycles. The van der Waals surface area contributed by atoms with Gasteiger partial charge in [-0.05, 0) is 38.5 Å². The topological polar surface area (TPSA) is 66.8 Å². The van der Waals surface area contributed by atoms with Crippen molar-refractivity contribution in [2.75, 3.05) is 13.2 Å². The molecule has 3 saturated carbocycles. The van der Waals surface area contributed by atoms with E-state index < -0.39 is 16.8 Å². The maximum Gasteiger partial charge on any atom is 0.309 e. The fourth-order valence-corrected chi connectivity index (χ4v) is 3.44. The molecule has 0 radical (unpaired) electrons. The third-order valence-corrected chi connectivity index (χ3v) is 4.42. The van der Waals surface area contributed by atoms with Crippen molar-refractivity contribution in [3.8, 4) is 0 Å². The Kier molecular flexibility index (Phi) is 2.23. The monoisotopic (exact) mass is 239 g/mol. The normalized spacial score (nSPS) is 39.9. The number of hydrogen-bond acceptors (Lipinski definition) is 3. The summed E-state index contributed by atoms with van der Waals surface area (Å²) in [6.07, 6.45) is 4.59. The minimum absolute atomic E-state index is 0.0162. The smallest absolute Gasteiger partial charge is 0.309 e. The Balaban J connectivity index is 1.63. The second-order valence-electron chi connectivity index (χ2n) is 5.70. The van der Waals surface area contributed by atoms with Crippen molar-refractivity contribution in [1.82, 2.24) is 5.06 Å². The van der Waals surface area contributed by atoms with E-state index in [9.17, 15) is 9.59 Å². The van der Waals surface area contributed by atoms with Crippen LogP contribution in [0.15, 0.2) is 0 Å². The van der Waals surface area contributed by atoms with E-state index in [1.54, 1.807) is 0 Å². The highest BCUT2D eigenvalue weighted by Gasteiger charge is 2.76. The zero-order valence-corrected chi connectivity index (χ0v) is 9.78. The number of carboxylic acid groups (broad SMARTS) is 1. The molecule has 0 spiro atoms. The Morgan fingerprint density at radius 2 is 1.76 bits per heavy atom. The largest absolute Gasteiger partial charge is 0.481 e. The molecule has 17 heavy (non-hydrogen) atoms. The van der Waals surface area contributed by atoms with Crippen molar-refractivity contribution in [2.24, 2.45) is 10.8 Å². The van der Waals surface area contributed by atoms with Crippen LogP contribution in [0.4, 0.5) is 0 Å². The Morgan fingerprint density at radius 3 is 2.41 bits per heavy atom. The number of amides is 1. The van der Waals surface area contributed by atoms with Crippen LogP contribution in [0.25, 0.3) is 0 Å². The maximum absolute atomic E-state index is 12.3. The predicted octanol–water partition coefficient (Wildman–Crippen LogP) is 1.19. The van der Waals surface area contributed by atoms with E-state index in [0.29, 0.717) is 32.4 Å². The van der Waals surface area contributed by atoms with Gasteiger partial charge in [0.2, 0.25) is 0 Å². The van der Waals surface area contributed by atoms with Crippen molar-refractivity contribution in [2.45, 2.75) is 38.5 Å². The highest BCUT2D eigenvalue weighted by molar-refractivity contribution is 5.92. The van der Waals surface area contributed by atoms with Gasteiger partial charge in [0.25, 0.3) is 5.91 Å². The molecule has 0 unspecified atom stereocenters. The highest BCUT2D eigenvalue weighted by Crippen LogP contribution is 2.73. The molecule has 5 nitrogen and oxygen atoms in total. The van der Waals surface area contributed by atoms with Gasteiger partial charge in [-0.25, -0.2) is 5.06 Å². The molecule has 1 aliphatic heterocycles. The van der Waals surface area contributed by atoms with E-state index in [1.165, 1.54) is 5.06 Å². The van der Waals surface area contributed by atoms with Crippen LogP contribution in [0.1, 0.15) is 38.5 Å². The van der Waals surface area contributed by atoms with Crippen LogP contribution in [-0.2, 0) is 14.4 Å². The third kappa shape index (κ3) is 1.41. The molecule has 4 aliphatic rings. The number of carbonyl (C=O) groups is 2. The van der Waals surface area contributed by atoms with Crippen LogP contribution in [0.5, 0.6) is 0 Å². The average Bonchev–Trinajstić information content (AvgIpc) is 2.40. The first kappa shape index (κ1) is 11.0. The first-order chi connectivity index (χ1) is 8.08. The maximum atomic E-state index is 12.3. The van der Waals surface area contributed by atoms with Gasteiger partial charge in [0.1, 0.15) is 0 Å². The number of rotatable bonds is 2. The van der Waals surface area contributed by atoms with Gasteiger partial charge < -0.3 is 5.11 Å². The summed E-state index contributed by atoms with van der Waals surface area (Å²) in [7, 11) is 0. The van der Waals surface area contributed by atoms with Crippen LogP contribution >= 0.6 is 0 Å². The molecule has 2 bridgehead atoms. The Labute approximate surface area is 99.7 Å². The third-order valence-electron chi connectivity index (χ3n) is 4.42. The lowest BCUT2D eigenvalue weighted by molar-refractivity contribution is -0.249. The lowest BCUT2D eigenvalue weighted by Crippen LogP contribution is -2.70. The van der Waals surface area contributed by atoms with Gasteiger partial charge in [-0.15, -0.1) is 0 Å². The molecule has 0 atom stereocenters. The number of nitrogens with zero attached hydrogens (tertiary/aromatic N) is 1. The Morgan fingerprint density at radius 1 is 1.06 bits per heavy atom. The van der Waals surface area contributed by atoms with Crippen molar-refractivity contribution >= 4 is 11.9 Å². The minimum atomic E-state index is -0.746. The first-order valence-electron chi connectivity index (χ1n) is 6.26. The Hall–Kier alpha value is -1.10. The fraction of sp³-hybridized carbons (Fsp3) is 0.833. The van der Waals surface area contributed by atoms with Crippen molar-refractivity contribution < 1.29 is 19.5 Å². The van der Waals surface area contributed by atoms with Crippen LogP contribution in [0.3, 0.4) is 0 Å². The summed E-state index contributed by atoms with van der Waals surface area (Å²) in [5.74, 6) is -0.730. The zero-order chi connectivity index (χ0) is 12.1. The SMILES string of the molecule is O=C(O)C12CC(C(=O)N3CCCCCO3)(C1)C2. The number of carboxylic acids is 1. The van der Waals surface area contributed by atoms with Crippen molar-refractivity contribution in [3.05, 3.63) is 0 Å². The van der Waals surface area contributed by atoms with Gasteiger partial charge >= 0.3 is 5.97 Å². The standard InChI is InChI=1S/C12H17NO4/c14-9(13-4-2-1-3-5-17-13)11-6-12(7-11,8-11)10(15)16/h1-8H2,(H,15,16). The van der Waals surface area contributed by atoms with Gasteiger partial charge in [-0.2, -0.15) is 0 Å². The molecule has 5 heteroatoms. The lowest BCUT2D eigenvalue weighted by Gasteiger charge is -2.67. The van der Waals surface area contributed by atoms with Gasteiger partial charge in [-0.3, -0.25) is 14.4 Å². The summed E-state index contributed by atoms with van der Waals surface area (Å²) in [4.78, 5) is 28.7. The average molecular weight is 239 g/mol. The number of hydroxylamine groups is 2. The lowest BCUT2D eigenvalue weighted by atomic mass is 9.35. The molecular formula is C12H17NO4. The molecule has 1 N–H and O–H groups in total. The van der Waals surface area contributed by atoms with Crippen LogP contribution in [0, 0.1) is 10.8 Å². The van der Waals surface area contributed by atoms with Crippen LogP contribution in [0.2, 0.25) is 0 Å². The highest BCUT2D eigenvalue weighted by atomic mass is 16.7. The molecule has 4 fully saturated rings. The van der Waals surface area contributed by atoms with E-state index >= 15 is 0 Å². The molecule has 0 aromatic carbocycles. The molecule has 1 amide bonds. The van der Waals surface area contributed by atoms with Gasteiger partial charge in [0.15, 0.2) is 0 Å². The van der Waals surface area contributed by atoms with Crippen molar-refractivity contribution in [1.29, 1.82) is 0 Å². The van der Waals surface area contributed by atoms with E-state index in [1.807, 2.05) is 0 Å². The molecule has 0 aromatic rings. The fourth-order valence-electron chi connectivity index (χ4n) is 3.44.